The second-order valence-corrected chi connectivity index (χ2v) is 9.53. The van der Waals surface area contributed by atoms with Crippen molar-refractivity contribution < 1.29 is 18.0 Å². The van der Waals surface area contributed by atoms with Gasteiger partial charge in [-0.2, -0.15) is 5.26 Å². The van der Waals surface area contributed by atoms with E-state index in [0.29, 0.717) is 5.56 Å². The van der Waals surface area contributed by atoms with Crippen molar-refractivity contribution in [3.63, 3.8) is 0 Å². The summed E-state index contributed by atoms with van der Waals surface area (Å²) < 4.78 is 25.2. The number of rotatable bonds is 7. The van der Waals surface area contributed by atoms with Crippen LogP contribution in [0.3, 0.4) is 0 Å². The highest BCUT2D eigenvalue weighted by Crippen LogP contribution is 2.20. The number of carbonyl (C=O) groups is 2. The second-order valence-electron chi connectivity index (χ2n) is 7.54. The highest BCUT2D eigenvalue weighted by atomic mass is 32.2. The smallest absolute Gasteiger partial charge is 0.245 e. The van der Waals surface area contributed by atoms with E-state index in [1.807, 2.05) is 0 Å². The van der Waals surface area contributed by atoms with E-state index in [9.17, 15) is 23.3 Å². The molecule has 1 atom stereocenters. The van der Waals surface area contributed by atoms with Gasteiger partial charge in [-0.15, -0.1) is 0 Å². The zero-order valence-electron chi connectivity index (χ0n) is 16.6. The van der Waals surface area contributed by atoms with Crippen LogP contribution in [0.25, 0.3) is 0 Å². The monoisotopic (exact) mass is 424 g/mol. The molecule has 1 aliphatic rings. The number of nitrogens with zero attached hydrogens (tertiary/aromatic N) is 1. The van der Waals surface area contributed by atoms with Crippen LogP contribution < -0.4 is 5.32 Å². The standard InChI is InChI=1S/C23H24N2O4S/c24-15-21(23(27)25-19-10-3-1-4-11-19)22(26)18-9-7-8-17(14-18)16-30(28,29)20-12-5-2-6-13-20/h2,5-9,12-14,19,21H,1,3-4,10-11,16H2,(H,25,27). The summed E-state index contributed by atoms with van der Waals surface area (Å²) >= 11 is 0. The molecular weight excluding hydrogens is 400 g/mol. The van der Waals surface area contributed by atoms with Gasteiger partial charge in [0.05, 0.1) is 16.7 Å². The summed E-state index contributed by atoms with van der Waals surface area (Å²) in [7, 11) is -3.57. The lowest BCUT2D eigenvalue weighted by Gasteiger charge is -2.23. The number of benzene rings is 2. The van der Waals surface area contributed by atoms with Gasteiger partial charge in [-0.3, -0.25) is 9.59 Å². The summed E-state index contributed by atoms with van der Waals surface area (Å²) in [6, 6.07) is 16.0. The van der Waals surface area contributed by atoms with E-state index in [4.69, 9.17) is 0 Å². The number of carbonyl (C=O) groups excluding carboxylic acids is 2. The molecule has 1 fully saturated rings. The Bertz CT molecular complexity index is 1050. The van der Waals surface area contributed by atoms with Crippen LogP contribution in [0.5, 0.6) is 0 Å². The molecule has 1 aliphatic carbocycles. The topological polar surface area (TPSA) is 104 Å². The van der Waals surface area contributed by atoms with Crippen LogP contribution in [-0.2, 0) is 20.4 Å². The maximum absolute atomic E-state index is 12.8. The lowest BCUT2D eigenvalue weighted by Crippen LogP contribution is -2.42. The zero-order chi connectivity index (χ0) is 21.6. The van der Waals surface area contributed by atoms with Gasteiger partial charge >= 0.3 is 0 Å². The molecule has 1 amide bonds. The Morgan fingerprint density at radius 2 is 1.73 bits per heavy atom. The summed E-state index contributed by atoms with van der Waals surface area (Å²) in [6.07, 6.45) is 4.88. The van der Waals surface area contributed by atoms with Crippen molar-refractivity contribution in [3.05, 3.63) is 65.7 Å². The number of nitrogens with one attached hydrogen (secondary N) is 1. The molecule has 156 valence electrons. The molecule has 1 saturated carbocycles. The highest BCUT2D eigenvalue weighted by molar-refractivity contribution is 7.90. The summed E-state index contributed by atoms with van der Waals surface area (Å²) in [5, 5.41) is 12.3. The van der Waals surface area contributed by atoms with Crippen LogP contribution in [0.2, 0.25) is 0 Å². The Kier molecular flexibility index (Phi) is 7.01. The van der Waals surface area contributed by atoms with Gasteiger partial charge in [0.25, 0.3) is 0 Å². The fourth-order valence-corrected chi connectivity index (χ4v) is 5.04. The summed E-state index contributed by atoms with van der Waals surface area (Å²) in [5.74, 6) is -2.93. The number of amides is 1. The second kappa shape index (κ2) is 9.68. The largest absolute Gasteiger partial charge is 0.352 e. The minimum Gasteiger partial charge on any atom is -0.352 e. The van der Waals surface area contributed by atoms with E-state index < -0.39 is 27.4 Å². The van der Waals surface area contributed by atoms with Crippen LogP contribution in [0.15, 0.2) is 59.5 Å². The lowest BCUT2D eigenvalue weighted by molar-refractivity contribution is -0.123. The van der Waals surface area contributed by atoms with Crippen molar-refractivity contribution in [2.45, 2.75) is 48.8 Å². The molecule has 2 aromatic carbocycles. The van der Waals surface area contributed by atoms with Crippen LogP contribution in [0.4, 0.5) is 0 Å². The van der Waals surface area contributed by atoms with Crippen molar-refractivity contribution in [1.82, 2.24) is 5.32 Å². The van der Waals surface area contributed by atoms with Crippen LogP contribution >= 0.6 is 0 Å². The molecule has 3 rings (SSSR count). The molecule has 0 spiro atoms. The molecule has 1 N–H and O–H groups in total. The molecule has 2 aromatic rings. The number of Topliss-reactive ketones (excluding diaryl/α,β-unsaturated/α-hetero) is 1. The third-order valence-corrected chi connectivity index (χ3v) is 6.98. The first-order valence-corrected chi connectivity index (χ1v) is 11.7. The summed E-state index contributed by atoms with van der Waals surface area (Å²) in [6.45, 7) is 0. The summed E-state index contributed by atoms with van der Waals surface area (Å²) in [5.41, 5.74) is 0.579. The Morgan fingerprint density at radius 1 is 1.03 bits per heavy atom. The first-order valence-electron chi connectivity index (χ1n) is 10.0. The van der Waals surface area contributed by atoms with Gasteiger partial charge < -0.3 is 5.32 Å². The fraction of sp³-hybridized carbons (Fsp3) is 0.348. The van der Waals surface area contributed by atoms with E-state index >= 15 is 0 Å². The Labute approximate surface area is 176 Å². The molecular formula is C23H24N2O4S. The number of nitriles is 1. The number of sulfone groups is 1. The average Bonchev–Trinajstić information content (AvgIpc) is 2.75. The van der Waals surface area contributed by atoms with Crippen LogP contribution in [0.1, 0.15) is 48.0 Å². The van der Waals surface area contributed by atoms with Gasteiger partial charge in [0.15, 0.2) is 21.5 Å². The Morgan fingerprint density at radius 3 is 2.40 bits per heavy atom. The van der Waals surface area contributed by atoms with Gasteiger partial charge in [0, 0.05) is 11.6 Å². The van der Waals surface area contributed by atoms with Gasteiger partial charge in [0.1, 0.15) is 0 Å². The lowest BCUT2D eigenvalue weighted by atomic mass is 9.93. The van der Waals surface area contributed by atoms with E-state index in [0.717, 1.165) is 32.1 Å². The van der Waals surface area contributed by atoms with E-state index in [1.165, 1.54) is 24.3 Å². The van der Waals surface area contributed by atoms with Gasteiger partial charge in [-0.25, -0.2) is 8.42 Å². The van der Waals surface area contributed by atoms with Crippen molar-refractivity contribution in [2.24, 2.45) is 5.92 Å². The third-order valence-electron chi connectivity index (χ3n) is 5.28. The first-order chi connectivity index (χ1) is 14.4. The molecule has 0 bridgehead atoms. The van der Waals surface area contributed by atoms with E-state index in [2.05, 4.69) is 5.32 Å². The quantitative estimate of drug-likeness (QED) is 0.542. The van der Waals surface area contributed by atoms with E-state index in [-0.39, 0.29) is 22.3 Å². The predicted molar refractivity (Wildman–Crippen MR) is 112 cm³/mol. The van der Waals surface area contributed by atoms with Gasteiger partial charge in [0.2, 0.25) is 5.91 Å². The normalized spacial score (nSPS) is 15.7. The molecule has 0 aliphatic heterocycles. The average molecular weight is 425 g/mol. The molecule has 0 saturated heterocycles. The first kappa shape index (κ1) is 21.7. The molecule has 30 heavy (non-hydrogen) atoms. The number of ketones is 1. The molecule has 0 aromatic heterocycles. The van der Waals surface area contributed by atoms with Crippen molar-refractivity contribution in [3.8, 4) is 6.07 Å². The molecule has 7 heteroatoms. The minimum absolute atomic E-state index is 0.00255. The highest BCUT2D eigenvalue weighted by Gasteiger charge is 2.30. The Balaban J connectivity index is 1.74. The third kappa shape index (κ3) is 5.33. The zero-order valence-corrected chi connectivity index (χ0v) is 17.4. The van der Waals surface area contributed by atoms with Crippen LogP contribution in [0, 0.1) is 17.2 Å². The SMILES string of the molecule is N#CC(C(=O)NC1CCCCC1)C(=O)c1cccc(CS(=O)(=O)c2ccccc2)c1. The minimum atomic E-state index is -3.57. The van der Waals surface area contributed by atoms with Crippen molar-refractivity contribution in [1.29, 1.82) is 5.26 Å². The van der Waals surface area contributed by atoms with Crippen molar-refractivity contribution in [2.75, 3.05) is 0 Å². The van der Waals surface area contributed by atoms with E-state index in [1.54, 1.807) is 36.4 Å². The predicted octanol–water partition coefficient (Wildman–Crippen LogP) is 3.43. The fourth-order valence-electron chi connectivity index (χ4n) is 3.68. The Hall–Kier alpha value is -2.98. The van der Waals surface area contributed by atoms with Gasteiger partial charge in [-0.1, -0.05) is 55.7 Å². The molecule has 0 radical (unpaired) electrons. The molecule has 1 unspecified atom stereocenters. The maximum atomic E-state index is 12.8. The number of hydrogen-bond acceptors (Lipinski definition) is 5. The van der Waals surface area contributed by atoms with Gasteiger partial charge in [-0.05, 0) is 36.6 Å². The summed E-state index contributed by atoms with van der Waals surface area (Å²) in [4.78, 5) is 25.5. The molecule has 6 nitrogen and oxygen atoms in total. The number of hydrogen-bond donors (Lipinski definition) is 1. The molecule has 0 heterocycles. The van der Waals surface area contributed by atoms with Crippen LogP contribution in [-0.4, -0.2) is 26.2 Å². The maximum Gasteiger partial charge on any atom is 0.245 e. The van der Waals surface area contributed by atoms with Crippen molar-refractivity contribution >= 4 is 21.5 Å².